The number of nitrogens with one attached hydrogen (secondary N) is 3. The Kier molecular flexibility index (Phi) is 6.77. The number of hydrogen-bond donors (Lipinski definition) is 3. The van der Waals surface area contributed by atoms with E-state index in [1.807, 2.05) is 30.3 Å². The Labute approximate surface area is 184 Å². The number of carbonyl (C=O) groups excluding carboxylic acids is 1. The molecule has 168 valence electrons. The molecule has 7 nitrogen and oxygen atoms in total. The molecule has 2 aromatic carbocycles. The van der Waals surface area contributed by atoms with Crippen molar-refractivity contribution in [1.29, 1.82) is 0 Å². The highest BCUT2D eigenvalue weighted by molar-refractivity contribution is 5.95. The third-order valence-corrected chi connectivity index (χ3v) is 5.28. The van der Waals surface area contributed by atoms with Gasteiger partial charge in [-0.15, -0.1) is 0 Å². The van der Waals surface area contributed by atoms with E-state index in [0.29, 0.717) is 35.4 Å². The van der Waals surface area contributed by atoms with E-state index in [4.69, 9.17) is 9.47 Å². The van der Waals surface area contributed by atoms with Crippen molar-refractivity contribution in [2.45, 2.75) is 19.3 Å². The lowest BCUT2D eigenvalue weighted by Gasteiger charge is -2.27. The van der Waals surface area contributed by atoms with Crippen LogP contribution in [0.4, 0.5) is 19.4 Å². The van der Waals surface area contributed by atoms with Crippen molar-refractivity contribution in [3.8, 4) is 0 Å². The molecule has 9 heteroatoms. The molecule has 0 spiro atoms. The SMILES string of the molecule is CNC1COCc2nc(NCCNC(=O)OCc3ccccc3)c3cc(F)c(F)cc3c21. The summed E-state index contributed by atoms with van der Waals surface area (Å²) in [5.41, 5.74) is 2.36. The predicted octanol–water partition coefficient (Wildman–Crippen LogP) is 3.64. The maximum Gasteiger partial charge on any atom is 0.407 e. The third kappa shape index (κ3) is 4.79. The summed E-state index contributed by atoms with van der Waals surface area (Å²) in [7, 11) is 1.78. The topological polar surface area (TPSA) is 84.5 Å². The van der Waals surface area contributed by atoms with Gasteiger partial charge in [0.25, 0.3) is 0 Å². The third-order valence-electron chi connectivity index (χ3n) is 5.28. The summed E-state index contributed by atoms with van der Waals surface area (Å²) in [4.78, 5) is 16.5. The molecule has 0 bridgehead atoms. The second kappa shape index (κ2) is 9.88. The highest BCUT2D eigenvalue weighted by Crippen LogP contribution is 2.35. The zero-order chi connectivity index (χ0) is 22.5. The second-order valence-electron chi connectivity index (χ2n) is 7.40. The number of hydrogen-bond acceptors (Lipinski definition) is 6. The largest absolute Gasteiger partial charge is 0.445 e. The van der Waals surface area contributed by atoms with Crippen molar-refractivity contribution >= 4 is 22.7 Å². The normalized spacial score (nSPS) is 15.3. The molecule has 3 N–H and O–H groups in total. The predicted molar refractivity (Wildman–Crippen MR) is 116 cm³/mol. The maximum absolute atomic E-state index is 14.0. The second-order valence-corrected chi connectivity index (χ2v) is 7.40. The van der Waals surface area contributed by atoms with Crippen molar-refractivity contribution in [3.05, 3.63) is 70.9 Å². The molecule has 3 aromatic rings. The number of amides is 1. The van der Waals surface area contributed by atoms with Gasteiger partial charge in [-0.1, -0.05) is 30.3 Å². The Morgan fingerprint density at radius 2 is 1.91 bits per heavy atom. The maximum atomic E-state index is 14.0. The summed E-state index contributed by atoms with van der Waals surface area (Å²) < 4.78 is 38.8. The van der Waals surface area contributed by atoms with E-state index in [9.17, 15) is 13.6 Å². The Hall–Kier alpha value is -3.30. The van der Waals surface area contributed by atoms with E-state index in [2.05, 4.69) is 20.9 Å². The molecule has 0 saturated carbocycles. The van der Waals surface area contributed by atoms with Crippen LogP contribution in [0.2, 0.25) is 0 Å². The van der Waals surface area contributed by atoms with E-state index in [-0.39, 0.29) is 25.8 Å². The van der Waals surface area contributed by atoms with E-state index >= 15 is 0 Å². The van der Waals surface area contributed by atoms with Gasteiger partial charge in [0.15, 0.2) is 11.6 Å². The summed E-state index contributed by atoms with van der Waals surface area (Å²) in [6, 6.07) is 11.5. The van der Waals surface area contributed by atoms with Gasteiger partial charge in [0.1, 0.15) is 12.4 Å². The van der Waals surface area contributed by atoms with Crippen LogP contribution in [0.25, 0.3) is 10.8 Å². The summed E-state index contributed by atoms with van der Waals surface area (Å²) >= 11 is 0. The van der Waals surface area contributed by atoms with Crippen LogP contribution >= 0.6 is 0 Å². The number of alkyl carbamates (subject to hydrolysis) is 1. The van der Waals surface area contributed by atoms with Crippen LogP contribution in [0.15, 0.2) is 42.5 Å². The van der Waals surface area contributed by atoms with Crippen molar-refractivity contribution < 1.29 is 23.0 Å². The van der Waals surface area contributed by atoms with Crippen LogP contribution in [-0.2, 0) is 22.7 Å². The number of anilines is 1. The number of aromatic nitrogens is 1. The van der Waals surface area contributed by atoms with E-state index in [1.54, 1.807) is 7.05 Å². The first kappa shape index (κ1) is 21.9. The molecule has 0 aliphatic carbocycles. The van der Waals surface area contributed by atoms with Crippen molar-refractivity contribution in [1.82, 2.24) is 15.6 Å². The molecule has 1 atom stereocenters. The summed E-state index contributed by atoms with van der Waals surface area (Å²) in [6.45, 7) is 1.45. The lowest BCUT2D eigenvalue weighted by atomic mass is 9.96. The number of fused-ring (bicyclic) bond motifs is 3. The van der Waals surface area contributed by atoms with Crippen LogP contribution in [0.3, 0.4) is 0 Å². The summed E-state index contributed by atoms with van der Waals surface area (Å²) in [5.74, 6) is -1.46. The molecular weight excluding hydrogens is 418 g/mol. The number of rotatable bonds is 7. The number of ether oxygens (including phenoxy) is 2. The average Bonchev–Trinajstić information content (AvgIpc) is 2.81. The number of carbonyl (C=O) groups is 1. The van der Waals surface area contributed by atoms with Crippen molar-refractivity contribution in [3.63, 3.8) is 0 Å². The number of halogens is 2. The van der Waals surface area contributed by atoms with Gasteiger partial charge < -0.3 is 25.4 Å². The number of likely N-dealkylation sites (N-methyl/N-ethyl adjacent to an activating group) is 1. The van der Waals surface area contributed by atoms with Crippen LogP contribution < -0.4 is 16.0 Å². The fourth-order valence-corrected chi connectivity index (χ4v) is 3.71. The van der Waals surface area contributed by atoms with Crippen molar-refractivity contribution in [2.24, 2.45) is 0 Å². The van der Waals surface area contributed by atoms with Crippen LogP contribution in [0.5, 0.6) is 0 Å². The lowest BCUT2D eigenvalue weighted by Crippen LogP contribution is -2.30. The molecule has 1 aromatic heterocycles. The summed E-state index contributed by atoms with van der Waals surface area (Å²) in [5, 5.41) is 9.93. The number of benzene rings is 2. The summed E-state index contributed by atoms with van der Waals surface area (Å²) in [6.07, 6.45) is -0.544. The fourth-order valence-electron chi connectivity index (χ4n) is 3.71. The van der Waals surface area contributed by atoms with E-state index in [1.165, 1.54) is 6.07 Å². The van der Waals surface area contributed by atoms with Gasteiger partial charge in [-0.25, -0.2) is 18.6 Å². The highest BCUT2D eigenvalue weighted by atomic mass is 19.2. The van der Waals surface area contributed by atoms with Gasteiger partial charge >= 0.3 is 6.09 Å². The standard InChI is InChI=1S/C23H24F2N4O3/c1-26-19-12-31-13-20-21(19)15-9-17(24)18(25)10-16(15)22(29-20)27-7-8-28-23(30)32-11-14-5-3-2-4-6-14/h2-6,9-10,19,26H,7-8,11-13H2,1H3,(H,27,29)(H,28,30). The minimum Gasteiger partial charge on any atom is -0.445 e. The van der Waals surface area contributed by atoms with Gasteiger partial charge in [-0.05, 0) is 30.1 Å². The van der Waals surface area contributed by atoms with Gasteiger partial charge in [0, 0.05) is 24.0 Å². The Balaban J connectivity index is 1.44. The zero-order valence-corrected chi connectivity index (χ0v) is 17.6. The van der Waals surface area contributed by atoms with Gasteiger partial charge in [0.05, 0.1) is 24.9 Å². The van der Waals surface area contributed by atoms with Crippen LogP contribution in [0, 0.1) is 11.6 Å². The molecule has 32 heavy (non-hydrogen) atoms. The first-order valence-electron chi connectivity index (χ1n) is 10.3. The quantitative estimate of drug-likeness (QED) is 0.485. The van der Waals surface area contributed by atoms with Gasteiger partial charge in [0.2, 0.25) is 0 Å². The monoisotopic (exact) mass is 442 g/mol. The minimum atomic E-state index is -0.946. The molecule has 0 fully saturated rings. The first-order chi connectivity index (χ1) is 15.6. The molecule has 2 heterocycles. The van der Waals surface area contributed by atoms with Gasteiger partial charge in [-0.3, -0.25) is 0 Å². The minimum absolute atomic E-state index is 0.172. The number of pyridine rings is 1. The Bertz CT molecular complexity index is 1110. The first-order valence-corrected chi connectivity index (χ1v) is 10.3. The molecular formula is C23H24F2N4O3. The molecule has 0 saturated heterocycles. The Morgan fingerprint density at radius 3 is 2.66 bits per heavy atom. The zero-order valence-electron chi connectivity index (χ0n) is 17.6. The highest BCUT2D eigenvalue weighted by Gasteiger charge is 2.26. The van der Waals surface area contributed by atoms with E-state index < -0.39 is 17.7 Å². The molecule has 4 rings (SSSR count). The van der Waals surface area contributed by atoms with Crippen molar-refractivity contribution in [2.75, 3.05) is 32.1 Å². The van der Waals surface area contributed by atoms with Crippen LogP contribution in [0.1, 0.15) is 22.9 Å². The molecule has 1 amide bonds. The van der Waals surface area contributed by atoms with Gasteiger partial charge in [-0.2, -0.15) is 0 Å². The molecule has 1 unspecified atom stereocenters. The lowest BCUT2D eigenvalue weighted by molar-refractivity contribution is 0.0821. The van der Waals surface area contributed by atoms with E-state index in [0.717, 1.165) is 17.2 Å². The molecule has 0 radical (unpaired) electrons. The van der Waals surface area contributed by atoms with Crippen LogP contribution in [-0.4, -0.2) is 37.8 Å². The Morgan fingerprint density at radius 1 is 1.16 bits per heavy atom. The molecule has 1 aliphatic rings. The smallest absolute Gasteiger partial charge is 0.407 e. The fraction of sp³-hybridized carbons (Fsp3) is 0.304. The molecule has 1 aliphatic heterocycles. The number of nitrogens with zero attached hydrogens (tertiary/aromatic N) is 1. The average molecular weight is 442 g/mol.